The Labute approximate surface area is 133 Å². The van der Waals surface area contributed by atoms with Crippen LogP contribution in [0.3, 0.4) is 0 Å². The van der Waals surface area contributed by atoms with Crippen molar-refractivity contribution in [1.29, 1.82) is 0 Å². The van der Waals surface area contributed by atoms with Gasteiger partial charge in [-0.1, -0.05) is 36.4 Å². The number of nitrogens with zero attached hydrogens (tertiary/aromatic N) is 1. The number of thiophene rings is 1. The number of hydrogen-bond donors (Lipinski definition) is 2. The number of hydrogen-bond acceptors (Lipinski definition) is 3. The van der Waals surface area contributed by atoms with Gasteiger partial charge in [0.2, 0.25) is 0 Å². The Morgan fingerprint density at radius 2 is 1.90 bits per heavy atom. The standard InChI is InChI=1S/C16H15N3S2/c20-16(18-14-8-3-1-4-9-14)19-17-12-6-2-5-10-15-11-7-13-21-15/h1-13H,(H2,18,19,20)/b6-2+,10-5+,17-12+. The molecule has 0 aliphatic rings. The predicted octanol–water partition coefficient (Wildman–Crippen LogP) is 4.29. The van der Waals surface area contributed by atoms with Crippen LogP contribution in [0.5, 0.6) is 0 Å². The van der Waals surface area contributed by atoms with E-state index in [4.69, 9.17) is 12.2 Å². The molecule has 3 nitrogen and oxygen atoms in total. The summed E-state index contributed by atoms with van der Waals surface area (Å²) in [7, 11) is 0. The molecule has 0 amide bonds. The summed E-state index contributed by atoms with van der Waals surface area (Å²) < 4.78 is 0. The molecule has 106 valence electrons. The van der Waals surface area contributed by atoms with Crippen LogP contribution in [-0.2, 0) is 0 Å². The molecule has 2 aromatic rings. The first-order valence-electron chi connectivity index (χ1n) is 6.36. The summed E-state index contributed by atoms with van der Waals surface area (Å²) in [6.07, 6.45) is 9.42. The van der Waals surface area contributed by atoms with E-state index in [-0.39, 0.29) is 0 Å². The molecule has 21 heavy (non-hydrogen) atoms. The van der Waals surface area contributed by atoms with Crippen LogP contribution in [0.15, 0.2) is 71.2 Å². The summed E-state index contributed by atoms with van der Waals surface area (Å²) in [4.78, 5) is 1.22. The number of rotatable bonds is 5. The zero-order chi connectivity index (χ0) is 14.8. The Bertz CT molecular complexity index is 629. The largest absolute Gasteiger partial charge is 0.331 e. The summed E-state index contributed by atoms with van der Waals surface area (Å²) >= 11 is 6.82. The molecule has 0 radical (unpaired) electrons. The summed E-state index contributed by atoms with van der Waals surface area (Å²) in [6, 6.07) is 13.8. The number of allylic oxidation sites excluding steroid dienone is 3. The van der Waals surface area contributed by atoms with Gasteiger partial charge >= 0.3 is 0 Å². The molecule has 0 spiro atoms. The summed E-state index contributed by atoms with van der Waals surface area (Å²) in [5.74, 6) is 0. The van der Waals surface area contributed by atoms with Gasteiger partial charge in [-0.25, -0.2) is 0 Å². The maximum absolute atomic E-state index is 5.12. The molecule has 2 rings (SSSR count). The minimum Gasteiger partial charge on any atom is -0.331 e. The van der Waals surface area contributed by atoms with Gasteiger partial charge in [-0.15, -0.1) is 11.3 Å². The maximum atomic E-state index is 5.12. The highest BCUT2D eigenvalue weighted by Crippen LogP contribution is 2.09. The van der Waals surface area contributed by atoms with Gasteiger partial charge in [-0.2, -0.15) is 5.10 Å². The smallest absolute Gasteiger partial charge is 0.191 e. The topological polar surface area (TPSA) is 36.4 Å². The number of nitrogens with one attached hydrogen (secondary N) is 2. The van der Waals surface area contributed by atoms with Crippen molar-refractivity contribution in [3.8, 4) is 0 Å². The molecule has 0 fully saturated rings. The molecule has 5 heteroatoms. The van der Waals surface area contributed by atoms with Crippen molar-refractivity contribution in [2.24, 2.45) is 5.10 Å². The van der Waals surface area contributed by atoms with Crippen LogP contribution in [0.4, 0.5) is 5.69 Å². The van der Waals surface area contributed by atoms with Crippen molar-refractivity contribution in [2.75, 3.05) is 5.32 Å². The van der Waals surface area contributed by atoms with Gasteiger partial charge in [0.1, 0.15) is 0 Å². The van der Waals surface area contributed by atoms with Crippen LogP contribution in [0.25, 0.3) is 6.08 Å². The molecule has 1 aromatic heterocycles. The number of thiocarbonyl (C=S) groups is 1. The van der Waals surface area contributed by atoms with Gasteiger partial charge in [0.05, 0.1) is 0 Å². The first-order valence-corrected chi connectivity index (χ1v) is 7.65. The van der Waals surface area contributed by atoms with Crippen molar-refractivity contribution >= 4 is 46.6 Å². The van der Waals surface area contributed by atoms with Gasteiger partial charge in [-0.05, 0) is 47.9 Å². The van der Waals surface area contributed by atoms with Gasteiger partial charge < -0.3 is 5.32 Å². The molecule has 2 N–H and O–H groups in total. The van der Waals surface area contributed by atoms with Gasteiger partial charge in [0.15, 0.2) is 5.11 Å². The van der Waals surface area contributed by atoms with Crippen LogP contribution >= 0.6 is 23.6 Å². The Kier molecular flexibility index (Phi) is 6.38. The highest BCUT2D eigenvalue weighted by atomic mass is 32.1. The number of hydrazone groups is 1. The fourth-order valence-corrected chi connectivity index (χ4v) is 2.27. The third-order valence-electron chi connectivity index (χ3n) is 2.38. The molecule has 0 atom stereocenters. The van der Waals surface area contributed by atoms with Gasteiger partial charge in [0, 0.05) is 16.8 Å². The van der Waals surface area contributed by atoms with E-state index >= 15 is 0 Å². The van der Waals surface area contributed by atoms with Crippen molar-refractivity contribution in [3.63, 3.8) is 0 Å². The molecule has 1 heterocycles. The summed E-state index contributed by atoms with van der Waals surface area (Å²) in [5, 5.41) is 9.55. The Hall–Kier alpha value is -2.24. The predicted molar refractivity (Wildman–Crippen MR) is 96.8 cm³/mol. The molecule has 0 saturated carbocycles. The third kappa shape index (κ3) is 6.16. The van der Waals surface area contributed by atoms with Crippen LogP contribution < -0.4 is 10.7 Å². The van der Waals surface area contributed by atoms with E-state index in [1.54, 1.807) is 17.6 Å². The molecule has 0 bridgehead atoms. The van der Waals surface area contributed by atoms with Crippen molar-refractivity contribution in [2.45, 2.75) is 0 Å². The Morgan fingerprint density at radius 1 is 1.05 bits per heavy atom. The minimum atomic E-state index is 0.458. The van der Waals surface area contributed by atoms with Crippen LogP contribution in [-0.4, -0.2) is 11.3 Å². The maximum Gasteiger partial charge on any atom is 0.191 e. The molecule has 0 unspecified atom stereocenters. The van der Waals surface area contributed by atoms with E-state index in [2.05, 4.69) is 27.3 Å². The first-order chi connectivity index (χ1) is 10.3. The third-order valence-corrected chi connectivity index (χ3v) is 3.42. The number of benzene rings is 1. The first kappa shape index (κ1) is 15.2. The molecule has 1 aromatic carbocycles. The molecule has 0 aliphatic carbocycles. The zero-order valence-electron chi connectivity index (χ0n) is 11.3. The quantitative estimate of drug-likeness (QED) is 0.374. The molecule has 0 aliphatic heterocycles. The highest BCUT2D eigenvalue weighted by molar-refractivity contribution is 7.80. The lowest BCUT2D eigenvalue weighted by molar-refractivity contribution is 1.05. The van der Waals surface area contributed by atoms with Crippen LogP contribution in [0.2, 0.25) is 0 Å². The van der Waals surface area contributed by atoms with Crippen molar-refractivity contribution < 1.29 is 0 Å². The fourth-order valence-electron chi connectivity index (χ4n) is 1.47. The van der Waals surface area contributed by atoms with Crippen LogP contribution in [0.1, 0.15) is 4.88 Å². The van der Waals surface area contributed by atoms with E-state index in [9.17, 15) is 0 Å². The van der Waals surface area contributed by atoms with E-state index in [1.807, 2.05) is 60.7 Å². The minimum absolute atomic E-state index is 0.458. The monoisotopic (exact) mass is 313 g/mol. The zero-order valence-corrected chi connectivity index (χ0v) is 12.9. The lowest BCUT2D eigenvalue weighted by Gasteiger charge is -2.05. The number of para-hydroxylation sites is 1. The van der Waals surface area contributed by atoms with E-state index in [0.717, 1.165) is 5.69 Å². The Balaban J connectivity index is 1.69. The normalized spacial score (nSPS) is 11.4. The summed E-state index contributed by atoms with van der Waals surface area (Å²) in [6.45, 7) is 0. The second-order valence-electron chi connectivity index (χ2n) is 3.97. The Morgan fingerprint density at radius 3 is 2.67 bits per heavy atom. The SMILES string of the molecule is S=C(N/N=C/C=C/C=C/c1cccs1)Nc1ccccc1. The highest BCUT2D eigenvalue weighted by Gasteiger charge is 1.92. The average Bonchev–Trinajstić information content (AvgIpc) is 3.00. The molecular weight excluding hydrogens is 298 g/mol. The van der Waals surface area contributed by atoms with E-state index in [1.165, 1.54) is 4.88 Å². The summed E-state index contributed by atoms with van der Waals surface area (Å²) in [5.41, 5.74) is 3.68. The average molecular weight is 313 g/mol. The molecular formula is C16H15N3S2. The second-order valence-corrected chi connectivity index (χ2v) is 5.36. The van der Waals surface area contributed by atoms with Crippen molar-refractivity contribution in [1.82, 2.24) is 5.43 Å². The second kappa shape index (κ2) is 8.84. The lowest BCUT2D eigenvalue weighted by atomic mass is 10.3. The van der Waals surface area contributed by atoms with E-state index < -0.39 is 0 Å². The van der Waals surface area contributed by atoms with E-state index in [0.29, 0.717) is 5.11 Å². The number of anilines is 1. The van der Waals surface area contributed by atoms with Crippen LogP contribution in [0, 0.1) is 0 Å². The van der Waals surface area contributed by atoms with Gasteiger partial charge in [0.25, 0.3) is 0 Å². The lowest BCUT2D eigenvalue weighted by Crippen LogP contribution is -2.23. The van der Waals surface area contributed by atoms with Gasteiger partial charge in [-0.3, -0.25) is 5.43 Å². The van der Waals surface area contributed by atoms with Crippen molar-refractivity contribution in [3.05, 3.63) is 70.9 Å². The molecule has 0 saturated heterocycles. The fraction of sp³-hybridized carbons (Fsp3) is 0.